The van der Waals surface area contributed by atoms with Gasteiger partial charge in [0.2, 0.25) is 0 Å². The number of nitrogens with two attached hydrogens (primary N) is 6. The molecule has 0 saturated heterocycles. The summed E-state index contributed by atoms with van der Waals surface area (Å²) in [6.45, 7) is 11.9. The van der Waals surface area contributed by atoms with Gasteiger partial charge in [-0.05, 0) is 129 Å². The van der Waals surface area contributed by atoms with Crippen LogP contribution in [0, 0.1) is 41.5 Å². The fourth-order valence-corrected chi connectivity index (χ4v) is 4.62. The molecule has 0 spiro atoms. The van der Waals surface area contributed by atoms with Crippen molar-refractivity contribution in [3.63, 3.8) is 0 Å². The number of hydrogen-bond donors (Lipinski definition) is 7. The Hall–Kier alpha value is -5.70. The van der Waals surface area contributed by atoms with Crippen LogP contribution < -0.4 is 34.4 Å². The Bertz CT molecular complexity index is 1830. The molecule has 13 N–H and O–H groups in total. The fourth-order valence-electron chi connectivity index (χ4n) is 4.62. The van der Waals surface area contributed by atoms with E-state index in [1.165, 1.54) is 12.1 Å². The molecule has 0 bridgehead atoms. The summed E-state index contributed by atoms with van der Waals surface area (Å²) in [5.41, 5.74) is 48.1. The van der Waals surface area contributed by atoms with Gasteiger partial charge in [-0.15, -0.1) is 0 Å². The van der Waals surface area contributed by atoms with E-state index < -0.39 is 0 Å². The van der Waals surface area contributed by atoms with Crippen molar-refractivity contribution >= 4 is 45.6 Å². The van der Waals surface area contributed by atoms with E-state index in [4.69, 9.17) is 44.5 Å². The zero-order valence-corrected chi connectivity index (χ0v) is 27.4. The zero-order chi connectivity index (χ0) is 34.3. The van der Waals surface area contributed by atoms with Crippen molar-refractivity contribution in [2.75, 3.05) is 28.7 Å². The van der Waals surface area contributed by atoms with E-state index in [1.807, 2.05) is 77.9 Å². The molecule has 0 radical (unpaired) electrons. The van der Waals surface area contributed by atoms with Crippen LogP contribution in [-0.2, 0) is 11.2 Å². The number of rotatable bonds is 3. The molecule has 0 atom stereocenters. The van der Waals surface area contributed by atoms with Crippen LogP contribution in [0.5, 0.6) is 5.75 Å². The molecule has 1 aliphatic carbocycles. The first-order valence-electron chi connectivity index (χ1n) is 14.8. The number of aromatic hydroxyl groups is 1. The second kappa shape index (κ2) is 14.9. The second-order valence-corrected chi connectivity index (χ2v) is 11.4. The zero-order valence-electron chi connectivity index (χ0n) is 27.4. The molecule has 0 heterocycles. The van der Waals surface area contributed by atoms with Gasteiger partial charge in [0.25, 0.3) is 0 Å². The Balaban J connectivity index is 0.000000259. The van der Waals surface area contributed by atoms with Crippen molar-refractivity contribution in [2.45, 2.75) is 48.0 Å². The molecule has 9 nitrogen and oxygen atoms in total. The molecule has 0 unspecified atom stereocenters. The average Bonchev–Trinajstić information content (AvgIpc) is 3.01. The third-order valence-electron chi connectivity index (χ3n) is 8.31. The van der Waals surface area contributed by atoms with Crippen LogP contribution in [0.15, 0.2) is 89.1 Å². The molecule has 0 amide bonds. The molecular weight excluding hydrogens is 574 g/mol. The van der Waals surface area contributed by atoms with Crippen LogP contribution in [0.3, 0.4) is 0 Å². The Morgan fingerprint density at radius 1 is 0.609 bits per heavy atom. The smallest absolute Gasteiger partial charge is 0.184 e. The van der Waals surface area contributed by atoms with Crippen LogP contribution >= 0.6 is 0 Å². The standard InChI is InChI=1S/C23H26N4O.C8H12N2.C6H7NO/c1-12-13(2)18(24)6-5-16(12)9-17-10-22(20(26)11-23(17)28)27-21-8-7-19(25)14(3)15(21)4;1-5-6(2)8(10)4-3-7(5)9;7-5-2-1-3-6(8)4-5/h5-8,10-11H,9,24-26H2,1-4H3;3-4H,9-10H2,1-2H3;1-4,8H,7H2. The van der Waals surface area contributed by atoms with Gasteiger partial charge in [0, 0.05) is 52.6 Å². The van der Waals surface area contributed by atoms with E-state index in [-0.39, 0.29) is 11.5 Å². The average molecular weight is 620 g/mol. The first kappa shape index (κ1) is 34.8. The maximum absolute atomic E-state index is 12.5. The molecule has 46 heavy (non-hydrogen) atoms. The van der Waals surface area contributed by atoms with E-state index in [9.17, 15) is 4.79 Å². The number of carbonyl (C=O) groups excluding carboxylic acids is 1. The van der Waals surface area contributed by atoms with Crippen LogP contribution in [-0.4, -0.2) is 16.6 Å². The van der Waals surface area contributed by atoms with Gasteiger partial charge in [-0.1, -0.05) is 12.1 Å². The van der Waals surface area contributed by atoms with Gasteiger partial charge < -0.3 is 39.5 Å². The number of nitrogen functional groups attached to an aromatic ring is 5. The maximum atomic E-state index is 12.5. The van der Waals surface area contributed by atoms with Crippen molar-refractivity contribution in [3.8, 4) is 5.75 Å². The minimum atomic E-state index is -0.0875. The Morgan fingerprint density at radius 2 is 1.11 bits per heavy atom. The summed E-state index contributed by atoms with van der Waals surface area (Å²) in [4.78, 5) is 17.2. The van der Waals surface area contributed by atoms with Crippen LogP contribution in [0.25, 0.3) is 0 Å². The number of carbonyl (C=O) groups is 1. The SMILES string of the molecule is Cc1c(N)ccc(CC2=CC(=Nc3ccc(N)c(C)c3C)C(N)=CC2=O)c1C.Cc1c(N)ccc(N)c1C.Nc1cccc(O)c1. The van der Waals surface area contributed by atoms with Gasteiger partial charge in [-0.2, -0.15) is 0 Å². The van der Waals surface area contributed by atoms with Gasteiger partial charge in [-0.3, -0.25) is 4.79 Å². The van der Waals surface area contributed by atoms with E-state index in [0.717, 1.165) is 67.4 Å². The number of anilines is 5. The number of benzene rings is 4. The second-order valence-electron chi connectivity index (χ2n) is 11.4. The van der Waals surface area contributed by atoms with Gasteiger partial charge in [-0.25, -0.2) is 4.99 Å². The summed E-state index contributed by atoms with van der Waals surface area (Å²) in [5, 5.41) is 8.73. The Kier molecular flexibility index (Phi) is 11.2. The van der Waals surface area contributed by atoms with Crippen molar-refractivity contribution in [2.24, 2.45) is 10.7 Å². The normalized spacial score (nSPS) is 13.2. The number of allylic oxidation sites excluding steroid dienone is 3. The predicted molar refractivity (Wildman–Crippen MR) is 194 cm³/mol. The molecule has 5 rings (SSSR count). The Morgan fingerprint density at radius 3 is 1.63 bits per heavy atom. The molecule has 1 aliphatic rings. The van der Waals surface area contributed by atoms with Gasteiger partial charge in [0.1, 0.15) is 5.75 Å². The number of hydrogen-bond acceptors (Lipinski definition) is 9. The number of phenols is 1. The largest absolute Gasteiger partial charge is 0.508 e. The van der Waals surface area contributed by atoms with Gasteiger partial charge in [0.05, 0.1) is 17.1 Å². The Labute approximate surface area is 271 Å². The number of aliphatic imine (C=N–C) groups is 1. The molecule has 0 saturated carbocycles. The highest BCUT2D eigenvalue weighted by atomic mass is 16.3. The lowest BCUT2D eigenvalue weighted by molar-refractivity contribution is -0.111. The lowest BCUT2D eigenvalue weighted by Crippen LogP contribution is -2.20. The summed E-state index contributed by atoms with van der Waals surface area (Å²) in [5.74, 6) is 0.125. The number of ketones is 1. The molecular formula is C37H45N7O2. The highest BCUT2D eigenvalue weighted by Gasteiger charge is 2.19. The molecule has 240 valence electrons. The highest BCUT2D eigenvalue weighted by molar-refractivity contribution is 6.22. The summed E-state index contributed by atoms with van der Waals surface area (Å²) in [7, 11) is 0. The van der Waals surface area contributed by atoms with E-state index in [2.05, 4.69) is 0 Å². The minimum absolute atomic E-state index is 0.0875. The monoisotopic (exact) mass is 619 g/mol. The lowest BCUT2D eigenvalue weighted by Gasteiger charge is -2.16. The molecule has 4 aromatic carbocycles. The molecule has 0 fully saturated rings. The van der Waals surface area contributed by atoms with Gasteiger partial charge >= 0.3 is 0 Å². The highest BCUT2D eigenvalue weighted by Crippen LogP contribution is 2.28. The summed E-state index contributed by atoms with van der Waals surface area (Å²) < 4.78 is 0. The van der Waals surface area contributed by atoms with E-state index in [1.54, 1.807) is 24.3 Å². The van der Waals surface area contributed by atoms with E-state index in [0.29, 0.717) is 29.1 Å². The van der Waals surface area contributed by atoms with Crippen molar-refractivity contribution in [3.05, 3.63) is 123 Å². The van der Waals surface area contributed by atoms with Crippen molar-refractivity contribution in [1.82, 2.24) is 0 Å². The minimum Gasteiger partial charge on any atom is -0.508 e. The first-order chi connectivity index (χ1) is 21.6. The molecule has 4 aromatic rings. The number of nitrogens with zero attached hydrogens (tertiary/aromatic N) is 1. The third-order valence-corrected chi connectivity index (χ3v) is 8.31. The quantitative estimate of drug-likeness (QED) is 0.104. The summed E-state index contributed by atoms with van der Waals surface area (Å²) in [6.07, 6.45) is 3.75. The fraction of sp³-hybridized carbons (Fsp3) is 0.189. The number of phenolic OH excluding ortho intramolecular Hbond substituents is 1. The predicted octanol–water partition coefficient (Wildman–Crippen LogP) is 6.19. The molecule has 0 aliphatic heterocycles. The van der Waals surface area contributed by atoms with E-state index >= 15 is 0 Å². The molecule has 9 heteroatoms. The first-order valence-corrected chi connectivity index (χ1v) is 14.8. The lowest BCUT2D eigenvalue weighted by atomic mass is 9.91. The van der Waals surface area contributed by atoms with Crippen LogP contribution in [0.4, 0.5) is 34.1 Å². The van der Waals surface area contributed by atoms with Crippen LogP contribution in [0.1, 0.15) is 38.9 Å². The maximum Gasteiger partial charge on any atom is 0.184 e. The molecule has 0 aromatic heterocycles. The topological polar surface area (TPSA) is 206 Å². The van der Waals surface area contributed by atoms with Crippen molar-refractivity contribution < 1.29 is 9.90 Å². The van der Waals surface area contributed by atoms with Crippen LogP contribution in [0.2, 0.25) is 0 Å². The third kappa shape index (κ3) is 8.47. The summed E-state index contributed by atoms with van der Waals surface area (Å²) >= 11 is 0. The summed E-state index contributed by atoms with van der Waals surface area (Å²) in [6, 6.07) is 17.7. The van der Waals surface area contributed by atoms with Gasteiger partial charge in [0.15, 0.2) is 5.78 Å². The van der Waals surface area contributed by atoms with Crippen molar-refractivity contribution in [1.29, 1.82) is 0 Å².